The molecular formula is C21H14ClFN4. The van der Waals surface area contributed by atoms with Crippen LogP contribution in [-0.2, 0) is 0 Å². The van der Waals surface area contributed by atoms with Crippen LogP contribution in [0.3, 0.4) is 0 Å². The van der Waals surface area contributed by atoms with Crippen LogP contribution < -0.4 is 0 Å². The van der Waals surface area contributed by atoms with Gasteiger partial charge in [0.05, 0.1) is 33.4 Å². The minimum atomic E-state index is -0.398. The van der Waals surface area contributed by atoms with E-state index in [1.54, 1.807) is 23.0 Å². The lowest BCUT2D eigenvalue weighted by molar-refractivity contribution is 0.620. The van der Waals surface area contributed by atoms with Crippen molar-refractivity contribution in [3.63, 3.8) is 0 Å². The molecule has 2 aromatic heterocycles. The smallest absolute Gasteiger partial charge is 0.148 e. The maximum Gasteiger partial charge on any atom is 0.148 e. The van der Waals surface area contributed by atoms with Crippen molar-refractivity contribution in [3.05, 3.63) is 77.3 Å². The van der Waals surface area contributed by atoms with E-state index in [9.17, 15) is 4.39 Å². The first kappa shape index (κ1) is 16.0. The van der Waals surface area contributed by atoms with E-state index < -0.39 is 5.82 Å². The van der Waals surface area contributed by atoms with Gasteiger partial charge in [0.25, 0.3) is 0 Å². The van der Waals surface area contributed by atoms with Gasteiger partial charge in [0.15, 0.2) is 0 Å². The number of aromatic amines is 1. The summed E-state index contributed by atoms with van der Waals surface area (Å²) in [6.07, 6.45) is 1.66. The molecule has 0 spiro atoms. The highest BCUT2D eigenvalue weighted by molar-refractivity contribution is 6.32. The lowest BCUT2D eigenvalue weighted by Gasteiger charge is -2.13. The fraction of sp³-hybridized carbons (Fsp3) is 0.0476. The van der Waals surface area contributed by atoms with Gasteiger partial charge >= 0.3 is 0 Å². The van der Waals surface area contributed by atoms with Gasteiger partial charge in [0.1, 0.15) is 17.3 Å². The first-order valence-corrected chi connectivity index (χ1v) is 8.87. The molecule has 0 amide bonds. The first-order valence-electron chi connectivity index (χ1n) is 8.49. The van der Waals surface area contributed by atoms with Crippen LogP contribution in [0.1, 0.15) is 5.56 Å². The third-order valence-corrected chi connectivity index (χ3v) is 5.03. The third kappa shape index (κ3) is 2.43. The molecule has 1 N–H and O–H groups in total. The van der Waals surface area contributed by atoms with E-state index in [1.807, 2.05) is 43.3 Å². The standard InChI is InChI=1S/C21H14ClFN4/c1-12-9-17-18(25-11-24-17)10-13(12)21-26-16-7-2-3-8-19(16)27(21)20-14(22)5-4-6-15(20)23/h2-11H,1H3,(H,24,25). The second-order valence-electron chi connectivity index (χ2n) is 6.42. The molecule has 6 heteroatoms. The predicted octanol–water partition coefficient (Wildman–Crippen LogP) is 5.67. The Morgan fingerprint density at radius 2 is 1.89 bits per heavy atom. The summed E-state index contributed by atoms with van der Waals surface area (Å²) in [7, 11) is 0. The number of rotatable bonds is 2. The summed E-state index contributed by atoms with van der Waals surface area (Å²) in [6.45, 7) is 2.00. The Balaban J connectivity index is 1.91. The number of fused-ring (bicyclic) bond motifs is 2. The summed E-state index contributed by atoms with van der Waals surface area (Å²) in [5.41, 5.74) is 5.52. The number of nitrogens with zero attached hydrogens (tertiary/aromatic N) is 3. The quantitative estimate of drug-likeness (QED) is 0.431. The van der Waals surface area contributed by atoms with Crippen LogP contribution in [0.25, 0.3) is 39.1 Å². The van der Waals surface area contributed by atoms with Gasteiger partial charge in [-0.25, -0.2) is 14.4 Å². The van der Waals surface area contributed by atoms with Gasteiger partial charge in [0, 0.05) is 5.56 Å². The second kappa shape index (κ2) is 5.93. The lowest BCUT2D eigenvalue weighted by Crippen LogP contribution is -2.02. The minimum Gasteiger partial charge on any atom is -0.345 e. The molecule has 27 heavy (non-hydrogen) atoms. The van der Waals surface area contributed by atoms with Crippen LogP contribution in [0.5, 0.6) is 0 Å². The maximum absolute atomic E-state index is 14.8. The lowest BCUT2D eigenvalue weighted by atomic mass is 10.1. The van der Waals surface area contributed by atoms with Gasteiger partial charge in [-0.2, -0.15) is 0 Å². The van der Waals surface area contributed by atoms with Crippen molar-refractivity contribution in [2.75, 3.05) is 0 Å². The SMILES string of the molecule is Cc1cc2[nH]cnc2cc1-c1nc2ccccc2n1-c1c(F)cccc1Cl. The third-order valence-electron chi connectivity index (χ3n) is 4.73. The van der Waals surface area contributed by atoms with E-state index in [1.165, 1.54) is 6.07 Å². The highest BCUT2D eigenvalue weighted by atomic mass is 35.5. The summed E-state index contributed by atoms with van der Waals surface area (Å²) in [6, 6.07) is 16.3. The van der Waals surface area contributed by atoms with Crippen LogP contribution in [0, 0.1) is 12.7 Å². The first-order chi connectivity index (χ1) is 13.1. The topological polar surface area (TPSA) is 46.5 Å². The molecule has 2 heterocycles. The molecule has 5 aromatic rings. The molecule has 0 unspecified atom stereocenters. The monoisotopic (exact) mass is 376 g/mol. The van der Waals surface area contributed by atoms with Gasteiger partial charge in [-0.3, -0.25) is 4.57 Å². The van der Waals surface area contributed by atoms with E-state index in [2.05, 4.69) is 9.97 Å². The van der Waals surface area contributed by atoms with Crippen molar-refractivity contribution < 1.29 is 4.39 Å². The number of imidazole rings is 2. The van der Waals surface area contributed by atoms with Crippen molar-refractivity contribution >= 4 is 33.7 Å². The molecule has 0 aliphatic rings. The Labute approximate surface area is 159 Å². The summed E-state index contributed by atoms with van der Waals surface area (Å²) in [5, 5.41) is 0.331. The van der Waals surface area contributed by atoms with Crippen LogP contribution in [-0.4, -0.2) is 19.5 Å². The summed E-state index contributed by atoms with van der Waals surface area (Å²) in [4.78, 5) is 12.2. The molecule has 0 aliphatic carbocycles. The fourth-order valence-electron chi connectivity index (χ4n) is 3.47. The number of aryl methyl sites for hydroxylation is 1. The largest absolute Gasteiger partial charge is 0.345 e. The predicted molar refractivity (Wildman–Crippen MR) is 106 cm³/mol. The van der Waals surface area contributed by atoms with E-state index in [0.717, 1.165) is 33.2 Å². The molecule has 0 saturated heterocycles. The fourth-order valence-corrected chi connectivity index (χ4v) is 3.71. The minimum absolute atomic E-state index is 0.296. The number of halogens is 2. The van der Waals surface area contributed by atoms with Crippen molar-refractivity contribution in [1.29, 1.82) is 0 Å². The number of para-hydroxylation sites is 3. The Morgan fingerprint density at radius 3 is 2.74 bits per heavy atom. The van der Waals surface area contributed by atoms with Crippen LogP contribution >= 0.6 is 11.6 Å². The zero-order chi connectivity index (χ0) is 18.5. The summed E-state index contributed by atoms with van der Waals surface area (Å²) in [5.74, 6) is 0.232. The molecule has 5 rings (SSSR count). The van der Waals surface area contributed by atoms with Crippen LogP contribution in [0.4, 0.5) is 4.39 Å². The number of nitrogens with one attached hydrogen (secondary N) is 1. The number of H-pyrrole nitrogens is 1. The van der Waals surface area contributed by atoms with Crippen molar-refractivity contribution in [2.45, 2.75) is 6.92 Å². The number of benzene rings is 3. The van der Waals surface area contributed by atoms with Crippen molar-refractivity contribution in [1.82, 2.24) is 19.5 Å². The zero-order valence-electron chi connectivity index (χ0n) is 14.4. The van der Waals surface area contributed by atoms with E-state index >= 15 is 0 Å². The summed E-state index contributed by atoms with van der Waals surface area (Å²) < 4.78 is 16.6. The molecule has 0 radical (unpaired) electrons. The highest BCUT2D eigenvalue weighted by Gasteiger charge is 2.20. The second-order valence-corrected chi connectivity index (χ2v) is 6.82. The molecule has 132 valence electrons. The summed E-state index contributed by atoms with van der Waals surface area (Å²) >= 11 is 6.39. The Kier molecular flexibility index (Phi) is 3.52. The van der Waals surface area contributed by atoms with Gasteiger partial charge in [0.2, 0.25) is 0 Å². The molecular weight excluding hydrogens is 363 g/mol. The molecule has 0 aliphatic heterocycles. The molecule has 0 bridgehead atoms. The molecule has 0 atom stereocenters. The van der Waals surface area contributed by atoms with Gasteiger partial charge in [-0.05, 0) is 48.9 Å². The van der Waals surface area contributed by atoms with E-state index in [4.69, 9.17) is 16.6 Å². The zero-order valence-corrected chi connectivity index (χ0v) is 15.1. The Morgan fingerprint density at radius 1 is 1.04 bits per heavy atom. The van der Waals surface area contributed by atoms with E-state index in [-0.39, 0.29) is 0 Å². The Bertz CT molecular complexity index is 1300. The van der Waals surface area contributed by atoms with E-state index in [0.29, 0.717) is 16.5 Å². The molecule has 0 saturated carbocycles. The molecule has 4 nitrogen and oxygen atoms in total. The van der Waals surface area contributed by atoms with Gasteiger partial charge in [-0.15, -0.1) is 0 Å². The molecule has 3 aromatic carbocycles. The maximum atomic E-state index is 14.8. The number of hydrogen-bond donors (Lipinski definition) is 1. The highest BCUT2D eigenvalue weighted by Crippen LogP contribution is 2.35. The van der Waals surface area contributed by atoms with Crippen LogP contribution in [0.2, 0.25) is 5.02 Å². The van der Waals surface area contributed by atoms with Crippen molar-refractivity contribution in [2.24, 2.45) is 0 Å². The average molecular weight is 377 g/mol. The van der Waals surface area contributed by atoms with Crippen molar-refractivity contribution in [3.8, 4) is 17.1 Å². The Hall–Kier alpha value is -3.18. The van der Waals surface area contributed by atoms with Gasteiger partial charge < -0.3 is 4.98 Å². The number of hydrogen-bond acceptors (Lipinski definition) is 2. The normalized spacial score (nSPS) is 11.5. The van der Waals surface area contributed by atoms with Gasteiger partial charge in [-0.1, -0.05) is 29.8 Å². The van der Waals surface area contributed by atoms with Crippen LogP contribution in [0.15, 0.2) is 60.9 Å². The number of aromatic nitrogens is 4. The average Bonchev–Trinajstić information content (AvgIpc) is 3.25. The molecule has 0 fully saturated rings.